The Morgan fingerprint density at radius 3 is 1.94 bits per heavy atom. The second-order valence-corrected chi connectivity index (χ2v) is 9.40. The minimum Gasteiger partial charge on any atom is -0.423 e. The van der Waals surface area contributed by atoms with Gasteiger partial charge in [-0.1, -0.05) is 48.5 Å². The number of carbonyl (C=O) groups is 1. The van der Waals surface area contributed by atoms with Gasteiger partial charge >= 0.3 is 34.2 Å². The van der Waals surface area contributed by atoms with Crippen LogP contribution in [0.25, 0.3) is 0 Å². The second-order valence-electron chi connectivity index (χ2n) is 7.58. The molecule has 2 aromatic rings. The predicted octanol–water partition coefficient (Wildman–Crippen LogP) is 3.74. The molecule has 4 rings (SSSR count). The fourth-order valence-corrected chi connectivity index (χ4v) is 5.58. The number of fused-ring (bicyclic) bond motifs is 1. The number of para-hydroxylation sites is 1. The van der Waals surface area contributed by atoms with Crippen molar-refractivity contribution in [2.24, 2.45) is 0 Å². The van der Waals surface area contributed by atoms with Crippen molar-refractivity contribution in [3.05, 3.63) is 66.2 Å². The van der Waals surface area contributed by atoms with Crippen LogP contribution in [0.5, 0.6) is 5.75 Å². The third kappa shape index (κ3) is 3.36. The highest BCUT2D eigenvalue weighted by molar-refractivity contribution is 7.87. The molecular formula is C20H15F6NO5S. The molecule has 2 atom stereocenters. The normalized spacial score (nSPS) is 25.5. The van der Waals surface area contributed by atoms with E-state index >= 15 is 0 Å². The van der Waals surface area contributed by atoms with Crippen LogP contribution >= 0.6 is 0 Å². The fraction of sp³-hybridized carbons (Fsp3) is 0.350. The topological polar surface area (TPSA) is 72.9 Å². The minimum absolute atomic E-state index is 0.182. The first-order valence-corrected chi connectivity index (χ1v) is 10.9. The molecule has 2 saturated heterocycles. The third-order valence-corrected chi connectivity index (χ3v) is 7.27. The predicted molar refractivity (Wildman–Crippen MR) is 100 cm³/mol. The van der Waals surface area contributed by atoms with Gasteiger partial charge in [0, 0.05) is 13.0 Å². The van der Waals surface area contributed by atoms with E-state index in [9.17, 15) is 39.6 Å². The van der Waals surface area contributed by atoms with Crippen LogP contribution in [0.4, 0.5) is 26.3 Å². The Hall–Kier alpha value is -2.80. The molecule has 0 saturated carbocycles. The number of hydrogen-bond donors (Lipinski definition) is 0. The van der Waals surface area contributed by atoms with Crippen molar-refractivity contribution in [3.8, 4) is 5.75 Å². The van der Waals surface area contributed by atoms with E-state index < -0.39 is 57.9 Å². The van der Waals surface area contributed by atoms with Gasteiger partial charge in [-0.15, -0.1) is 0 Å². The van der Waals surface area contributed by atoms with Crippen LogP contribution in [-0.4, -0.2) is 49.2 Å². The zero-order valence-corrected chi connectivity index (χ0v) is 17.2. The third-order valence-electron chi connectivity index (χ3n) is 5.71. The number of nitrogens with zero attached hydrogens (tertiary/aromatic N) is 1. The Morgan fingerprint density at radius 2 is 1.42 bits per heavy atom. The van der Waals surface area contributed by atoms with Gasteiger partial charge in [0.1, 0.15) is 16.5 Å². The zero-order chi connectivity index (χ0) is 24.3. The van der Waals surface area contributed by atoms with Crippen LogP contribution in [0, 0.1) is 0 Å². The number of ether oxygens (including phenoxy) is 1. The maximum Gasteiger partial charge on any atom is 0.453 e. The van der Waals surface area contributed by atoms with Crippen molar-refractivity contribution in [2.75, 3.05) is 6.54 Å². The molecule has 33 heavy (non-hydrogen) atoms. The van der Waals surface area contributed by atoms with Gasteiger partial charge in [0.25, 0.3) is 0 Å². The van der Waals surface area contributed by atoms with Gasteiger partial charge in [-0.25, -0.2) is 9.69 Å². The molecule has 2 aliphatic rings. The Bertz CT molecular complexity index is 1140. The number of alkyl halides is 6. The Kier molecular flexibility index (Phi) is 5.20. The van der Waals surface area contributed by atoms with Crippen molar-refractivity contribution in [2.45, 2.75) is 35.3 Å². The van der Waals surface area contributed by atoms with Crippen LogP contribution in [0.2, 0.25) is 0 Å². The molecule has 2 heterocycles. The fourth-order valence-electron chi connectivity index (χ4n) is 4.29. The quantitative estimate of drug-likeness (QED) is 0.366. The van der Waals surface area contributed by atoms with E-state index in [0.29, 0.717) is 0 Å². The van der Waals surface area contributed by atoms with Crippen molar-refractivity contribution < 1.29 is 48.5 Å². The van der Waals surface area contributed by atoms with Crippen LogP contribution in [0.1, 0.15) is 12.0 Å². The molecule has 0 N–H and O–H groups in total. The molecule has 0 unspecified atom stereocenters. The summed E-state index contributed by atoms with van der Waals surface area (Å²) in [5, 5.41) is -1.89. The summed E-state index contributed by atoms with van der Waals surface area (Å²) in [6.07, 6.45) is -13.2. The molecule has 6 nitrogen and oxygen atoms in total. The largest absolute Gasteiger partial charge is 0.453 e. The van der Waals surface area contributed by atoms with Gasteiger partial charge in [-0.3, -0.25) is 0 Å². The van der Waals surface area contributed by atoms with E-state index in [1.54, 1.807) is 6.07 Å². The van der Waals surface area contributed by atoms with Crippen molar-refractivity contribution in [1.82, 2.24) is 4.90 Å². The van der Waals surface area contributed by atoms with E-state index in [-0.39, 0.29) is 16.2 Å². The summed E-state index contributed by atoms with van der Waals surface area (Å²) in [6, 6.07) is 13.2. The monoisotopic (exact) mass is 495 g/mol. The zero-order valence-electron chi connectivity index (χ0n) is 16.4. The summed E-state index contributed by atoms with van der Waals surface area (Å²) in [5.74, 6) is -2.03. The van der Waals surface area contributed by atoms with Crippen LogP contribution in [-0.2, 0) is 25.2 Å². The molecule has 0 bridgehead atoms. The first-order valence-electron chi connectivity index (χ1n) is 9.44. The molecule has 0 radical (unpaired) electrons. The molecule has 2 aromatic carbocycles. The molecule has 13 heteroatoms. The lowest BCUT2D eigenvalue weighted by molar-refractivity contribution is -0.402. The molecule has 0 spiro atoms. The Balaban J connectivity index is 1.87. The lowest BCUT2D eigenvalue weighted by Crippen LogP contribution is -2.67. The average Bonchev–Trinajstić information content (AvgIpc) is 3.24. The summed E-state index contributed by atoms with van der Waals surface area (Å²) in [5.41, 5.74) is -7.93. The highest BCUT2D eigenvalue weighted by Crippen LogP contribution is 2.61. The standard InChI is InChI=1S/C20H15F6NO5S/c21-19(22,23)18(20(24,25)26)27-12-15(33(29,30)32-14-9-5-2-6-10-14)11-17(27,16(28)31-18)13-7-3-1-4-8-13/h1-10,15H,11-12H2/t15-,17-/m1/s1. The first kappa shape index (κ1) is 23.4. The number of cyclic esters (lactones) is 1. The molecule has 0 amide bonds. The van der Waals surface area contributed by atoms with E-state index in [1.165, 1.54) is 42.5 Å². The maximum atomic E-state index is 14.0. The van der Waals surface area contributed by atoms with Crippen LogP contribution in [0.15, 0.2) is 60.7 Å². The van der Waals surface area contributed by atoms with E-state index in [4.69, 9.17) is 4.18 Å². The lowest BCUT2D eigenvalue weighted by atomic mass is 9.87. The summed E-state index contributed by atoms with van der Waals surface area (Å²) < 4.78 is 119. The minimum atomic E-state index is -6.11. The number of carbonyl (C=O) groups excluding carboxylic acids is 1. The smallest absolute Gasteiger partial charge is 0.423 e. The van der Waals surface area contributed by atoms with Crippen molar-refractivity contribution in [1.29, 1.82) is 0 Å². The number of benzene rings is 2. The molecule has 2 aliphatic heterocycles. The number of rotatable bonds is 4. The van der Waals surface area contributed by atoms with Gasteiger partial charge < -0.3 is 8.92 Å². The second kappa shape index (κ2) is 7.35. The average molecular weight is 495 g/mol. The summed E-state index contributed by atoms with van der Waals surface area (Å²) in [7, 11) is -4.75. The van der Waals surface area contributed by atoms with Gasteiger partial charge in [-0.05, 0) is 17.7 Å². The van der Waals surface area contributed by atoms with Gasteiger partial charge in [0.2, 0.25) is 0 Å². The highest BCUT2D eigenvalue weighted by atomic mass is 32.2. The van der Waals surface area contributed by atoms with E-state index in [0.717, 1.165) is 12.1 Å². The van der Waals surface area contributed by atoms with E-state index in [2.05, 4.69) is 4.74 Å². The van der Waals surface area contributed by atoms with E-state index in [1.807, 2.05) is 0 Å². The van der Waals surface area contributed by atoms with Crippen molar-refractivity contribution in [3.63, 3.8) is 0 Å². The number of halogens is 6. The molecule has 178 valence electrons. The first-order chi connectivity index (χ1) is 15.3. The Morgan fingerprint density at radius 1 is 0.909 bits per heavy atom. The van der Waals surface area contributed by atoms with Gasteiger partial charge in [-0.2, -0.15) is 34.8 Å². The summed E-state index contributed by atoms with van der Waals surface area (Å²) in [6.45, 7) is -1.31. The molecule has 0 aromatic heterocycles. The molecule has 0 aliphatic carbocycles. The number of esters is 1. The lowest BCUT2D eigenvalue weighted by Gasteiger charge is -2.40. The molecular weight excluding hydrogens is 480 g/mol. The highest BCUT2D eigenvalue weighted by Gasteiger charge is 2.86. The van der Waals surface area contributed by atoms with Crippen LogP contribution in [0.3, 0.4) is 0 Å². The number of hydrogen-bond acceptors (Lipinski definition) is 6. The SMILES string of the molecule is O=C1OC(C(F)(F)F)(C(F)(F)F)N2C[C@H](S(=O)(=O)Oc3ccccc3)C[C@@]12c1ccccc1. The summed E-state index contributed by atoms with van der Waals surface area (Å²) in [4.78, 5) is 12.6. The van der Waals surface area contributed by atoms with Gasteiger partial charge in [0.15, 0.2) is 0 Å². The maximum absolute atomic E-state index is 14.0. The van der Waals surface area contributed by atoms with Crippen molar-refractivity contribution >= 4 is 16.1 Å². The van der Waals surface area contributed by atoms with Crippen LogP contribution < -0.4 is 4.18 Å². The Labute approximate surface area is 183 Å². The van der Waals surface area contributed by atoms with Gasteiger partial charge in [0.05, 0.1) is 0 Å². The summed E-state index contributed by atoms with van der Waals surface area (Å²) >= 11 is 0. The molecule has 2 fully saturated rings.